The molecule has 1 aromatic rings. The molecule has 3 rings (SSSR count). The van der Waals surface area contributed by atoms with Gasteiger partial charge in [-0.1, -0.05) is 29.3 Å². The van der Waals surface area contributed by atoms with E-state index in [1.54, 1.807) is 11.0 Å². The highest BCUT2D eigenvalue weighted by molar-refractivity contribution is 6.42. The normalized spacial score (nSPS) is 20.0. The summed E-state index contributed by atoms with van der Waals surface area (Å²) in [5.74, 6) is -1.26. The van der Waals surface area contributed by atoms with Crippen LogP contribution in [0.25, 0.3) is 0 Å². The lowest BCUT2D eigenvalue weighted by molar-refractivity contribution is -0.128. The van der Waals surface area contributed by atoms with Crippen molar-refractivity contribution in [2.45, 2.75) is 38.1 Å². The Kier molecular flexibility index (Phi) is 7.44. The lowest BCUT2D eigenvalue weighted by Gasteiger charge is -2.23. The molecule has 1 atom stereocenters. The van der Waals surface area contributed by atoms with Crippen molar-refractivity contribution in [3.63, 3.8) is 0 Å². The number of hydrogen-bond donors (Lipinski definition) is 2. The van der Waals surface area contributed by atoms with E-state index in [0.29, 0.717) is 35.6 Å². The standard InChI is InChI=1S/C21H27Cl2N3O3/c1-25-10-3-5-15(25)8-11-26-13-16(19(27)21(26)29)20(28)24-9-2-4-14-6-7-17(22)18(23)12-14/h6-7,12,15,27H,2-5,8-11,13H2,1H3,(H,24,28). The van der Waals surface area contributed by atoms with E-state index >= 15 is 0 Å². The first-order valence-corrected chi connectivity index (χ1v) is 10.8. The van der Waals surface area contributed by atoms with E-state index in [1.807, 2.05) is 12.1 Å². The number of rotatable bonds is 8. The molecule has 29 heavy (non-hydrogen) atoms. The quantitative estimate of drug-likeness (QED) is 0.610. The number of aryl methyl sites for hydroxylation is 1. The van der Waals surface area contributed by atoms with Gasteiger partial charge in [0.2, 0.25) is 0 Å². The zero-order valence-electron chi connectivity index (χ0n) is 16.6. The highest BCUT2D eigenvalue weighted by Gasteiger charge is 2.34. The summed E-state index contributed by atoms with van der Waals surface area (Å²) in [5.41, 5.74) is 1.19. The zero-order valence-corrected chi connectivity index (χ0v) is 18.1. The summed E-state index contributed by atoms with van der Waals surface area (Å²) in [7, 11) is 2.09. The molecule has 1 saturated heterocycles. The van der Waals surface area contributed by atoms with Crippen LogP contribution in [0.5, 0.6) is 0 Å². The first kappa shape index (κ1) is 21.9. The van der Waals surface area contributed by atoms with E-state index in [-0.39, 0.29) is 18.0 Å². The van der Waals surface area contributed by atoms with Crippen LogP contribution < -0.4 is 5.32 Å². The number of benzene rings is 1. The molecule has 6 nitrogen and oxygen atoms in total. The summed E-state index contributed by atoms with van der Waals surface area (Å²) in [6, 6.07) is 5.93. The Hall–Kier alpha value is -1.76. The minimum Gasteiger partial charge on any atom is -0.503 e. The van der Waals surface area contributed by atoms with E-state index in [9.17, 15) is 14.7 Å². The van der Waals surface area contributed by atoms with Crippen LogP contribution in [0.3, 0.4) is 0 Å². The number of aliphatic hydroxyl groups excluding tert-OH is 1. The van der Waals surface area contributed by atoms with Crippen molar-refractivity contribution in [2.75, 3.05) is 33.2 Å². The fraction of sp³-hybridized carbons (Fsp3) is 0.524. The Balaban J connectivity index is 1.43. The molecule has 0 spiro atoms. The number of hydrogen-bond acceptors (Lipinski definition) is 4. The van der Waals surface area contributed by atoms with Gasteiger partial charge in [-0.05, 0) is 63.4 Å². The Labute approximate surface area is 181 Å². The maximum Gasteiger partial charge on any atom is 0.289 e. The van der Waals surface area contributed by atoms with Crippen molar-refractivity contribution in [1.82, 2.24) is 15.1 Å². The first-order chi connectivity index (χ1) is 13.9. The van der Waals surface area contributed by atoms with Crippen LogP contribution in [-0.2, 0) is 16.0 Å². The third-order valence-electron chi connectivity index (χ3n) is 5.71. The summed E-state index contributed by atoms with van der Waals surface area (Å²) in [5, 5.41) is 13.9. The van der Waals surface area contributed by atoms with Crippen LogP contribution in [-0.4, -0.2) is 66.0 Å². The fourth-order valence-electron chi connectivity index (χ4n) is 3.92. The van der Waals surface area contributed by atoms with Gasteiger partial charge in [0.15, 0.2) is 5.76 Å². The average Bonchev–Trinajstić information content (AvgIpc) is 3.23. The van der Waals surface area contributed by atoms with Crippen molar-refractivity contribution < 1.29 is 14.7 Å². The molecular formula is C21H27Cl2N3O3. The molecule has 1 unspecified atom stereocenters. The molecule has 1 fully saturated rings. The van der Waals surface area contributed by atoms with Crippen LogP contribution in [0.4, 0.5) is 0 Å². The van der Waals surface area contributed by atoms with Crippen molar-refractivity contribution >= 4 is 35.0 Å². The van der Waals surface area contributed by atoms with Gasteiger partial charge < -0.3 is 20.2 Å². The number of carbonyl (C=O) groups is 2. The van der Waals surface area contributed by atoms with Gasteiger partial charge in [0, 0.05) is 19.1 Å². The molecule has 0 bridgehead atoms. The van der Waals surface area contributed by atoms with Gasteiger partial charge in [-0.15, -0.1) is 0 Å². The molecule has 158 valence electrons. The van der Waals surface area contributed by atoms with Crippen LogP contribution in [0, 0.1) is 0 Å². The molecular weight excluding hydrogens is 413 g/mol. The van der Waals surface area contributed by atoms with Gasteiger partial charge in [0.1, 0.15) is 0 Å². The second-order valence-electron chi connectivity index (χ2n) is 7.73. The lowest BCUT2D eigenvalue weighted by atomic mass is 10.1. The number of halogens is 2. The average molecular weight is 440 g/mol. The smallest absolute Gasteiger partial charge is 0.289 e. The number of aliphatic hydroxyl groups is 1. The number of carbonyl (C=O) groups excluding carboxylic acids is 2. The molecule has 2 aliphatic rings. The first-order valence-electron chi connectivity index (χ1n) is 10.0. The zero-order chi connectivity index (χ0) is 21.0. The summed E-state index contributed by atoms with van der Waals surface area (Å²) in [6.45, 7) is 2.24. The van der Waals surface area contributed by atoms with E-state index < -0.39 is 11.7 Å². The highest BCUT2D eigenvalue weighted by Crippen LogP contribution is 2.24. The SMILES string of the molecule is CN1CCCC1CCN1CC(C(=O)NCCCc2ccc(Cl)c(Cl)c2)=C(O)C1=O. The van der Waals surface area contributed by atoms with Crippen molar-refractivity contribution in [2.24, 2.45) is 0 Å². The maximum absolute atomic E-state index is 12.4. The summed E-state index contributed by atoms with van der Waals surface area (Å²) < 4.78 is 0. The molecule has 1 aromatic carbocycles. The van der Waals surface area contributed by atoms with E-state index in [4.69, 9.17) is 23.2 Å². The summed E-state index contributed by atoms with van der Waals surface area (Å²) in [4.78, 5) is 28.6. The largest absolute Gasteiger partial charge is 0.503 e. The van der Waals surface area contributed by atoms with Crippen LogP contribution in [0.2, 0.25) is 10.0 Å². The molecule has 0 aromatic heterocycles. The van der Waals surface area contributed by atoms with Crippen molar-refractivity contribution in [3.8, 4) is 0 Å². The molecule has 2 amide bonds. The molecule has 8 heteroatoms. The van der Waals surface area contributed by atoms with Gasteiger partial charge in [-0.2, -0.15) is 0 Å². The fourth-order valence-corrected chi connectivity index (χ4v) is 4.24. The summed E-state index contributed by atoms with van der Waals surface area (Å²) in [6.07, 6.45) is 4.61. The molecule has 0 radical (unpaired) electrons. The number of nitrogens with zero attached hydrogens (tertiary/aromatic N) is 2. The third kappa shape index (κ3) is 5.44. The molecule has 2 N–H and O–H groups in total. The Morgan fingerprint density at radius 1 is 1.31 bits per heavy atom. The van der Waals surface area contributed by atoms with Gasteiger partial charge in [0.25, 0.3) is 11.8 Å². The molecule has 2 aliphatic heterocycles. The lowest BCUT2D eigenvalue weighted by Crippen LogP contribution is -2.34. The Bertz CT molecular complexity index is 812. The van der Waals surface area contributed by atoms with Crippen LogP contribution >= 0.6 is 23.2 Å². The van der Waals surface area contributed by atoms with E-state index in [2.05, 4.69) is 17.3 Å². The minimum absolute atomic E-state index is 0.157. The van der Waals surface area contributed by atoms with E-state index in [1.165, 1.54) is 6.42 Å². The third-order valence-corrected chi connectivity index (χ3v) is 6.45. The van der Waals surface area contributed by atoms with Crippen LogP contribution in [0.15, 0.2) is 29.5 Å². The van der Waals surface area contributed by atoms with Crippen LogP contribution in [0.1, 0.15) is 31.2 Å². The number of nitrogens with one attached hydrogen (secondary N) is 1. The minimum atomic E-state index is -0.452. The van der Waals surface area contributed by atoms with Gasteiger partial charge >= 0.3 is 0 Å². The topological polar surface area (TPSA) is 72.9 Å². The second kappa shape index (κ2) is 9.83. The Morgan fingerprint density at radius 3 is 2.79 bits per heavy atom. The molecule has 0 aliphatic carbocycles. The molecule has 0 saturated carbocycles. The van der Waals surface area contributed by atoms with Gasteiger partial charge in [-0.3, -0.25) is 9.59 Å². The van der Waals surface area contributed by atoms with E-state index in [0.717, 1.165) is 31.4 Å². The predicted molar refractivity (Wildman–Crippen MR) is 114 cm³/mol. The predicted octanol–water partition coefficient (Wildman–Crippen LogP) is 3.18. The Morgan fingerprint density at radius 2 is 2.10 bits per heavy atom. The summed E-state index contributed by atoms with van der Waals surface area (Å²) >= 11 is 11.9. The number of likely N-dealkylation sites (tertiary alicyclic amines) is 1. The van der Waals surface area contributed by atoms with Gasteiger partial charge in [0.05, 0.1) is 22.2 Å². The monoisotopic (exact) mass is 439 g/mol. The second-order valence-corrected chi connectivity index (χ2v) is 8.54. The maximum atomic E-state index is 12.4. The number of amides is 2. The highest BCUT2D eigenvalue weighted by atomic mass is 35.5. The van der Waals surface area contributed by atoms with Crippen molar-refractivity contribution in [3.05, 3.63) is 45.1 Å². The van der Waals surface area contributed by atoms with Gasteiger partial charge in [-0.25, -0.2) is 0 Å². The van der Waals surface area contributed by atoms with Crippen molar-refractivity contribution in [1.29, 1.82) is 0 Å². The molecule has 2 heterocycles.